The minimum atomic E-state index is -0.0291. The van der Waals surface area contributed by atoms with Gasteiger partial charge in [0.05, 0.1) is 6.20 Å². The highest BCUT2D eigenvalue weighted by atomic mass is 16.6. The van der Waals surface area contributed by atoms with Gasteiger partial charge in [0.25, 0.3) is 0 Å². The predicted molar refractivity (Wildman–Crippen MR) is 125 cm³/mol. The van der Waals surface area contributed by atoms with Crippen LogP contribution in [0.5, 0.6) is 11.5 Å². The van der Waals surface area contributed by atoms with E-state index in [9.17, 15) is 4.79 Å². The molecule has 1 saturated carbocycles. The van der Waals surface area contributed by atoms with Gasteiger partial charge in [-0.05, 0) is 37.0 Å². The van der Waals surface area contributed by atoms with Crippen LogP contribution in [0.2, 0.25) is 0 Å². The zero-order chi connectivity index (χ0) is 22.5. The number of aryl methyl sites for hydroxylation is 1. The van der Waals surface area contributed by atoms with Gasteiger partial charge in [0.15, 0.2) is 23.1 Å². The molecule has 2 heterocycles. The van der Waals surface area contributed by atoms with Crippen molar-refractivity contribution in [2.24, 2.45) is 0 Å². The SMILES string of the molecule is O=C(CCCc1ncc(-c2ccccc2)o1)NCC1(c2ccc3c(c2)OCCO3)CCCC1. The van der Waals surface area contributed by atoms with Crippen LogP contribution in [0.25, 0.3) is 11.3 Å². The summed E-state index contributed by atoms with van der Waals surface area (Å²) in [5.74, 6) is 3.14. The highest BCUT2D eigenvalue weighted by Crippen LogP contribution is 2.43. The van der Waals surface area contributed by atoms with Gasteiger partial charge >= 0.3 is 0 Å². The van der Waals surface area contributed by atoms with Crippen LogP contribution in [0.15, 0.2) is 59.1 Å². The van der Waals surface area contributed by atoms with Crippen molar-refractivity contribution >= 4 is 5.91 Å². The zero-order valence-corrected chi connectivity index (χ0v) is 18.8. The highest BCUT2D eigenvalue weighted by Gasteiger charge is 2.36. The molecule has 1 N–H and O–H groups in total. The zero-order valence-electron chi connectivity index (χ0n) is 18.8. The molecule has 0 unspecified atom stereocenters. The number of rotatable bonds is 8. The van der Waals surface area contributed by atoms with Crippen LogP contribution < -0.4 is 14.8 Å². The molecule has 0 bridgehead atoms. The maximum Gasteiger partial charge on any atom is 0.220 e. The van der Waals surface area contributed by atoms with E-state index in [1.807, 2.05) is 36.4 Å². The molecule has 2 aliphatic rings. The largest absolute Gasteiger partial charge is 0.486 e. The van der Waals surface area contributed by atoms with E-state index in [0.29, 0.717) is 44.9 Å². The number of amides is 1. The number of hydrogen-bond donors (Lipinski definition) is 1. The van der Waals surface area contributed by atoms with Gasteiger partial charge in [0.2, 0.25) is 5.91 Å². The van der Waals surface area contributed by atoms with Gasteiger partial charge in [-0.3, -0.25) is 4.79 Å². The molecule has 33 heavy (non-hydrogen) atoms. The fourth-order valence-electron chi connectivity index (χ4n) is 4.91. The third-order valence-corrected chi connectivity index (χ3v) is 6.75. The number of carbonyl (C=O) groups excluding carboxylic acids is 1. The van der Waals surface area contributed by atoms with Gasteiger partial charge in [-0.15, -0.1) is 0 Å². The van der Waals surface area contributed by atoms with Crippen LogP contribution in [-0.2, 0) is 16.6 Å². The fraction of sp³-hybridized carbons (Fsp3) is 0.407. The molecule has 1 aromatic heterocycles. The fourth-order valence-corrected chi connectivity index (χ4v) is 4.91. The summed E-state index contributed by atoms with van der Waals surface area (Å²) in [6.07, 6.45) is 8.07. The summed E-state index contributed by atoms with van der Waals surface area (Å²) in [5.41, 5.74) is 2.21. The molecule has 1 aliphatic carbocycles. The first-order valence-corrected chi connectivity index (χ1v) is 11.9. The van der Waals surface area contributed by atoms with Crippen LogP contribution in [0, 0.1) is 0 Å². The smallest absolute Gasteiger partial charge is 0.220 e. The predicted octanol–water partition coefficient (Wildman–Crippen LogP) is 5.06. The number of nitrogens with zero attached hydrogens (tertiary/aromatic N) is 1. The van der Waals surface area contributed by atoms with E-state index >= 15 is 0 Å². The Morgan fingerprint density at radius 2 is 1.79 bits per heavy atom. The lowest BCUT2D eigenvalue weighted by molar-refractivity contribution is -0.121. The normalized spacial score (nSPS) is 16.5. The molecule has 2 aromatic carbocycles. The number of fused-ring (bicyclic) bond motifs is 1. The molecule has 0 saturated heterocycles. The van der Waals surface area contributed by atoms with Crippen LogP contribution in [-0.4, -0.2) is 30.6 Å². The third-order valence-electron chi connectivity index (χ3n) is 6.75. The average Bonchev–Trinajstić information content (AvgIpc) is 3.54. The van der Waals surface area contributed by atoms with Gasteiger partial charge in [0, 0.05) is 30.4 Å². The van der Waals surface area contributed by atoms with Crippen molar-refractivity contribution in [3.63, 3.8) is 0 Å². The first-order valence-electron chi connectivity index (χ1n) is 11.9. The second-order valence-electron chi connectivity index (χ2n) is 8.96. The van der Waals surface area contributed by atoms with Crippen molar-refractivity contribution in [2.75, 3.05) is 19.8 Å². The topological polar surface area (TPSA) is 73.6 Å². The lowest BCUT2D eigenvalue weighted by Gasteiger charge is -2.31. The molecular formula is C27H30N2O4. The summed E-state index contributed by atoms with van der Waals surface area (Å²) in [6, 6.07) is 16.2. The molecule has 3 aromatic rings. The Balaban J connectivity index is 1.14. The molecule has 6 nitrogen and oxygen atoms in total. The maximum absolute atomic E-state index is 12.6. The van der Waals surface area contributed by atoms with Crippen molar-refractivity contribution < 1.29 is 18.7 Å². The number of aromatic nitrogens is 1. The number of nitrogens with one attached hydrogen (secondary N) is 1. The standard InChI is InChI=1S/C27H30N2O4/c30-25(9-6-10-26-28-18-24(33-26)20-7-2-1-3-8-20)29-19-27(13-4-5-14-27)21-11-12-22-23(17-21)32-16-15-31-22/h1-3,7-8,11-12,17-18H,4-6,9-10,13-16,19H2,(H,29,30). The highest BCUT2D eigenvalue weighted by molar-refractivity contribution is 5.76. The molecule has 0 spiro atoms. The Labute approximate surface area is 194 Å². The molecular weight excluding hydrogens is 416 g/mol. The second-order valence-corrected chi connectivity index (χ2v) is 8.96. The number of hydrogen-bond acceptors (Lipinski definition) is 5. The lowest BCUT2D eigenvalue weighted by atomic mass is 9.78. The molecule has 1 amide bonds. The summed E-state index contributed by atoms with van der Waals surface area (Å²) in [6.45, 7) is 1.83. The Hall–Kier alpha value is -3.28. The van der Waals surface area contributed by atoms with Crippen LogP contribution >= 0.6 is 0 Å². The lowest BCUT2D eigenvalue weighted by Crippen LogP contribution is -2.39. The van der Waals surface area contributed by atoms with Crippen LogP contribution in [0.4, 0.5) is 0 Å². The maximum atomic E-state index is 12.6. The Bertz CT molecular complexity index is 1090. The quantitative estimate of drug-likeness (QED) is 0.523. The van der Waals surface area contributed by atoms with E-state index < -0.39 is 0 Å². The Morgan fingerprint density at radius 1 is 1.00 bits per heavy atom. The Morgan fingerprint density at radius 3 is 2.61 bits per heavy atom. The molecule has 0 radical (unpaired) electrons. The van der Waals surface area contributed by atoms with Crippen LogP contribution in [0.3, 0.4) is 0 Å². The summed E-state index contributed by atoms with van der Waals surface area (Å²) in [7, 11) is 0. The molecule has 5 rings (SSSR count). The van der Waals surface area contributed by atoms with Crippen LogP contribution in [0.1, 0.15) is 50.0 Å². The van der Waals surface area contributed by atoms with E-state index in [-0.39, 0.29) is 11.3 Å². The van der Waals surface area contributed by atoms with Gasteiger partial charge in [0.1, 0.15) is 13.2 Å². The van der Waals surface area contributed by atoms with E-state index in [2.05, 4.69) is 22.4 Å². The summed E-state index contributed by atoms with van der Waals surface area (Å²) >= 11 is 0. The van der Waals surface area contributed by atoms with E-state index in [0.717, 1.165) is 35.7 Å². The monoisotopic (exact) mass is 446 g/mol. The van der Waals surface area contributed by atoms with Gasteiger partial charge in [-0.1, -0.05) is 49.2 Å². The van der Waals surface area contributed by atoms with E-state index in [1.165, 1.54) is 18.4 Å². The van der Waals surface area contributed by atoms with Crippen molar-refractivity contribution in [2.45, 2.75) is 50.4 Å². The van der Waals surface area contributed by atoms with Crippen molar-refractivity contribution in [3.8, 4) is 22.8 Å². The molecule has 172 valence electrons. The minimum Gasteiger partial charge on any atom is -0.486 e. The van der Waals surface area contributed by atoms with E-state index in [4.69, 9.17) is 13.9 Å². The van der Waals surface area contributed by atoms with Crippen molar-refractivity contribution in [3.05, 3.63) is 66.2 Å². The van der Waals surface area contributed by atoms with Gasteiger partial charge < -0.3 is 19.2 Å². The van der Waals surface area contributed by atoms with Crippen molar-refractivity contribution in [1.82, 2.24) is 10.3 Å². The molecule has 0 atom stereocenters. The Kier molecular flexibility index (Phi) is 6.33. The van der Waals surface area contributed by atoms with Gasteiger partial charge in [-0.2, -0.15) is 0 Å². The van der Waals surface area contributed by atoms with Crippen molar-refractivity contribution in [1.29, 1.82) is 0 Å². The number of benzene rings is 2. The minimum absolute atomic E-state index is 0.0291. The summed E-state index contributed by atoms with van der Waals surface area (Å²) in [4.78, 5) is 17.0. The molecule has 6 heteroatoms. The molecule has 1 fully saturated rings. The van der Waals surface area contributed by atoms with Gasteiger partial charge in [-0.25, -0.2) is 4.98 Å². The van der Waals surface area contributed by atoms with E-state index in [1.54, 1.807) is 6.20 Å². The summed E-state index contributed by atoms with van der Waals surface area (Å²) < 4.78 is 17.3. The average molecular weight is 447 g/mol. The number of ether oxygens (including phenoxy) is 2. The second kappa shape index (κ2) is 9.69. The summed E-state index contributed by atoms with van der Waals surface area (Å²) in [5, 5.41) is 3.20. The molecule has 1 aliphatic heterocycles. The first-order chi connectivity index (χ1) is 16.2. The first kappa shape index (κ1) is 21.6. The number of carbonyl (C=O) groups is 1. The number of oxazole rings is 1. The third kappa shape index (κ3) is 4.90.